The number of ketones is 1. The van der Waals surface area contributed by atoms with Crippen LogP contribution in [0.3, 0.4) is 0 Å². The number of carbonyl (C=O) groups excluding carboxylic acids is 2. The molecule has 1 radical (unpaired) electrons. The molecule has 6 nitrogen and oxygen atoms in total. The first-order valence-electron chi connectivity index (χ1n) is 3.92. The maximum absolute atomic E-state index is 11.3. The molecule has 1 rings (SSSR count). The zero-order valence-corrected chi connectivity index (χ0v) is 7.50. The summed E-state index contributed by atoms with van der Waals surface area (Å²) in [4.78, 5) is 30.9. The van der Waals surface area contributed by atoms with Crippen molar-refractivity contribution in [3.63, 3.8) is 0 Å². The van der Waals surface area contributed by atoms with Crippen LogP contribution in [0.5, 0.6) is 0 Å². The van der Waals surface area contributed by atoms with Crippen LogP contribution in [0.25, 0.3) is 0 Å². The minimum atomic E-state index is -0.669. The van der Waals surface area contributed by atoms with Gasteiger partial charge >= 0.3 is 6.47 Å². The molecule has 1 aromatic carbocycles. The van der Waals surface area contributed by atoms with Crippen LogP contribution in [-0.2, 0) is 9.53 Å². The molecule has 0 aromatic heterocycles. The second-order valence-electron chi connectivity index (χ2n) is 2.57. The molecule has 77 valence electrons. The van der Waals surface area contributed by atoms with Crippen molar-refractivity contribution in [2.75, 3.05) is 6.61 Å². The Morgan fingerprint density at radius 1 is 1.47 bits per heavy atom. The number of carbonyl (C=O) groups is 1. The summed E-state index contributed by atoms with van der Waals surface area (Å²) in [5, 5.41) is 10.5. The summed E-state index contributed by atoms with van der Waals surface area (Å²) in [7, 11) is 0. The van der Waals surface area contributed by atoms with Gasteiger partial charge in [-0.25, -0.2) is 4.79 Å². The maximum Gasteiger partial charge on any atom is 0.417 e. The van der Waals surface area contributed by atoms with Gasteiger partial charge in [-0.1, -0.05) is 12.1 Å². The fourth-order valence-electron chi connectivity index (χ4n) is 1.04. The number of Topliss-reactive ketones (excluding diaryl/α,β-unsaturated/α-hetero) is 1. The molecule has 1 aromatic rings. The molecule has 15 heavy (non-hydrogen) atoms. The predicted molar refractivity (Wildman–Crippen MR) is 49.1 cm³/mol. The Bertz CT molecular complexity index is 401. The molecule has 0 aliphatic carbocycles. The predicted octanol–water partition coefficient (Wildman–Crippen LogP) is 0.861. The average molecular weight is 208 g/mol. The molecule has 0 N–H and O–H groups in total. The first kappa shape index (κ1) is 10.8. The normalized spacial score (nSPS) is 9.33. The van der Waals surface area contributed by atoms with Gasteiger partial charge in [0.1, 0.15) is 0 Å². The number of para-hydroxylation sites is 1. The summed E-state index contributed by atoms with van der Waals surface area (Å²) in [6.07, 6.45) is 0. The van der Waals surface area contributed by atoms with E-state index in [1.807, 2.05) is 0 Å². The summed E-state index contributed by atoms with van der Waals surface area (Å²) in [6.45, 7) is 0.529. The van der Waals surface area contributed by atoms with Gasteiger partial charge in [0, 0.05) is 6.07 Å². The smallest absolute Gasteiger partial charge is 0.417 e. The van der Waals surface area contributed by atoms with Gasteiger partial charge < -0.3 is 4.74 Å². The summed E-state index contributed by atoms with van der Waals surface area (Å²) in [5.74, 6) is -0.634. The number of ether oxygens (including phenoxy) is 1. The molecule has 0 unspecified atom stereocenters. The fraction of sp³-hybridized carbons (Fsp3) is 0.111. The van der Waals surface area contributed by atoms with Gasteiger partial charge in [0.2, 0.25) is 5.78 Å². The molecule has 0 aliphatic rings. The highest BCUT2D eigenvalue weighted by Crippen LogP contribution is 2.17. The fourth-order valence-corrected chi connectivity index (χ4v) is 1.04. The van der Waals surface area contributed by atoms with Crippen LogP contribution in [0.15, 0.2) is 24.3 Å². The molecule has 0 atom stereocenters. The van der Waals surface area contributed by atoms with E-state index >= 15 is 0 Å². The summed E-state index contributed by atoms with van der Waals surface area (Å²) in [6, 6.07) is 5.44. The van der Waals surface area contributed by atoms with E-state index in [0.29, 0.717) is 0 Å². The summed E-state index contributed by atoms with van der Waals surface area (Å²) >= 11 is 0. The van der Waals surface area contributed by atoms with E-state index in [2.05, 4.69) is 4.74 Å². The molecule has 0 aliphatic heterocycles. The highest BCUT2D eigenvalue weighted by atomic mass is 16.6. The largest absolute Gasteiger partial charge is 0.449 e. The lowest BCUT2D eigenvalue weighted by Crippen LogP contribution is -2.10. The lowest BCUT2D eigenvalue weighted by Gasteiger charge is -1.99. The van der Waals surface area contributed by atoms with E-state index < -0.39 is 17.3 Å². The average Bonchev–Trinajstić information content (AvgIpc) is 2.25. The number of rotatable bonds is 5. The van der Waals surface area contributed by atoms with Crippen LogP contribution in [0.2, 0.25) is 0 Å². The van der Waals surface area contributed by atoms with Crippen molar-refractivity contribution in [2.24, 2.45) is 0 Å². The van der Waals surface area contributed by atoms with Gasteiger partial charge in [-0.15, -0.1) is 0 Å². The summed E-state index contributed by atoms with van der Waals surface area (Å²) in [5.41, 5.74) is -0.394. The lowest BCUT2D eigenvalue weighted by atomic mass is 10.1. The van der Waals surface area contributed by atoms with E-state index in [-0.39, 0.29) is 11.3 Å². The van der Waals surface area contributed by atoms with Crippen LogP contribution in [0.4, 0.5) is 5.69 Å². The Morgan fingerprint density at radius 3 is 2.73 bits per heavy atom. The minimum absolute atomic E-state index is 0.0854. The Balaban J connectivity index is 2.97. The van der Waals surface area contributed by atoms with Crippen molar-refractivity contribution >= 4 is 17.9 Å². The number of nitrogens with zero attached hydrogens (tertiary/aromatic N) is 1. The minimum Gasteiger partial charge on any atom is -0.449 e. The standard InChI is InChI=1S/C9H6NO5/c11-6-15-5-9(12)7-3-1-2-4-8(7)10(13)14/h1-4H,5H2. The van der Waals surface area contributed by atoms with Crippen LogP contribution in [0, 0.1) is 10.1 Å². The zero-order chi connectivity index (χ0) is 11.3. The Morgan fingerprint density at radius 2 is 2.13 bits per heavy atom. The molecule has 0 heterocycles. The van der Waals surface area contributed by atoms with E-state index in [1.165, 1.54) is 24.3 Å². The quantitative estimate of drug-likeness (QED) is 0.407. The second kappa shape index (κ2) is 4.85. The second-order valence-corrected chi connectivity index (χ2v) is 2.57. The first-order valence-corrected chi connectivity index (χ1v) is 3.92. The molecule has 6 heteroatoms. The zero-order valence-electron chi connectivity index (χ0n) is 7.50. The molecule has 0 amide bonds. The molecular weight excluding hydrogens is 202 g/mol. The van der Waals surface area contributed by atoms with E-state index in [9.17, 15) is 19.7 Å². The van der Waals surface area contributed by atoms with Crippen molar-refractivity contribution in [1.82, 2.24) is 0 Å². The summed E-state index contributed by atoms with van der Waals surface area (Å²) < 4.78 is 4.11. The van der Waals surface area contributed by atoms with Gasteiger partial charge in [-0.2, -0.15) is 0 Å². The van der Waals surface area contributed by atoms with Crippen molar-refractivity contribution in [1.29, 1.82) is 0 Å². The van der Waals surface area contributed by atoms with Gasteiger partial charge in [0.15, 0.2) is 6.61 Å². The number of benzene rings is 1. The third-order valence-electron chi connectivity index (χ3n) is 1.66. The highest BCUT2D eigenvalue weighted by molar-refractivity contribution is 6.01. The molecular formula is C9H6NO5. The molecule has 0 fully saturated rings. The van der Waals surface area contributed by atoms with Crippen molar-refractivity contribution in [3.8, 4) is 0 Å². The van der Waals surface area contributed by atoms with Crippen LogP contribution in [0.1, 0.15) is 10.4 Å². The van der Waals surface area contributed by atoms with E-state index in [4.69, 9.17) is 0 Å². The Hall–Kier alpha value is -2.24. The molecule has 0 spiro atoms. The lowest BCUT2D eigenvalue weighted by molar-refractivity contribution is -0.385. The Labute approximate surface area is 84.6 Å². The van der Waals surface area contributed by atoms with Crippen LogP contribution < -0.4 is 0 Å². The van der Waals surface area contributed by atoms with Gasteiger partial charge in [-0.3, -0.25) is 14.9 Å². The van der Waals surface area contributed by atoms with Crippen LogP contribution in [-0.4, -0.2) is 23.8 Å². The molecule has 0 saturated carbocycles. The molecule has 0 saturated heterocycles. The molecule has 0 bridgehead atoms. The van der Waals surface area contributed by atoms with Gasteiger partial charge in [-0.05, 0) is 6.07 Å². The van der Waals surface area contributed by atoms with Gasteiger partial charge in [0.25, 0.3) is 5.69 Å². The van der Waals surface area contributed by atoms with E-state index in [1.54, 1.807) is 0 Å². The van der Waals surface area contributed by atoms with Crippen LogP contribution >= 0.6 is 0 Å². The van der Waals surface area contributed by atoms with E-state index in [0.717, 1.165) is 6.47 Å². The topological polar surface area (TPSA) is 86.5 Å². The third kappa shape index (κ3) is 2.60. The number of hydrogen-bond donors (Lipinski definition) is 0. The van der Waals surface area contributed by atoms with Crippen molar-refractivity contribution < 1.29 is 19.2 Å². The maximum atomic E-state index is 11.3. The monoisotopic (exact) mass is 208 g/mol. The Kier molecular flexibility index (Phi) is 3.50. The number of hydrogen-bond acceptors (Lipinski definition) is 5. The first-order chi connectivity index (χ1) is 7.16. The highest BCUT2D eigenvalue weighted by Gasteiger charge is 2.18. The van der Waals surface area contributed by atoms with Crippen molar-refractivity contribution in [3.05, 3.63) is 39.9 Å². The SMILES string of the molecule is O=[C]OCC(=O)c1ccccc1[N+](=O)[O-]. The van der Waals surface area contributed by atoms with Crippen molar-refractivity contribution in [2.45, 2.75) is 0 Å². The third-order valence-corrected chi connectivity index (χ3v) is 1.66. The number of nitro benzene ring substituents is 1. The number of nitro groups is 1. The van der Waals surface area contributed by atoms with Gasteiger partial charge in [0.05, 0.1) is 10.5 Å².